The molecule has 0 unspecified atom stereocenters. The summed E-state index contributed by atoms with van der Waals surface area (Å²) >= 11 is 0. The lowest BCUT2D eigenvalue weighted by Gasteiger charge is -2.43. The second kappa shape index (κ2) is 9.25. The number of ether oxygens (including phenoxy) is 2. The van der Waals surface area contributed by atoms with E-state index < -0.39 is 0 Å². The van der Waals surface area contributed by atoms with E-state index in [-0.39, 0.29) is 6.71 Å². The summed E-state index contributed by atoms with van der Waals surface area (Å²) in [4.78, 5) is 9.48. The highest BCUT2D eigenvalue weighted by Gasteiger charge is 2.45. The monoisotopic (exact) mass is 577 g/mol. The van der Waals surface area contributed by atoms with Crippen molar-refractivity contribution in [1.29, 1.82) is 0 Å². The van der Waals surface area contributed by atoms with Crippen LogP contribution in [-0.2, 0) is 0 Å². The summed E-state index contributed by atoms with van der Waals surface area (Å²) in [6, 6.07) is 48.4. The highest BCUT2D eigenvalue weighted by atomic mass is 16.5. The van der Waals surface area contributed by atoms with Gasteiger partial charge in [0.2, 0.25) is 0 Å². The average Bonchev–Trinajstić information content (AvgIpc) is 3.10. The number of pyridine rings is 1. The van der Waals surface area contributed by atoms with E-state index in [0.29, 0.717) is 0 Å². The van der Waals surface area contributed by atoms with Crippen LogP contribution < -0.4 is 35.7 Å². The van der Waals surface area contributed by atoms with Crippen molar-refractivity contribution < 1.29 is 9.47 Å². The van der Waals surface area contributed by atoms with Crippen LogP contribution in [0.25, 0.3) is 10.9 Å². The number of anilines is 6. The molecule has 45 heavy (non-hydrogen) atoms. The van der Waals surface area contributed by atoms with Crippen molar-refractivity contribution >= 4 is 68.1 Å². The molecule has 0 aliphatic carbocycles. The largest absolute Gasteiger partial charge is 0.458 e. The number of rotatable bonds is 2. The third-order valence-electron chi connectivity index (χ3n) is 9.11. The molecule has 4 heterocycles. The molecule has 6 aromatic carbocycles. The van der Waals surface area contributed by atoms with E-state index in [9.17, 15) is 0 Å². The first kappa shape index (κ1) is 24.4. The van der Waals surface area contributed by atoms with E-state index >= 15 is 0 Å². The van der Waals surface area contributed by atoms with Crippen molar-refractivity contribution in [3.05, 3.63) is 146 Å². The maximum absolute atomic E-state index is 7.01. The Bertz CT molecular complexity index is 2320. The Kier molecular flexibility index (Phi) is 5.02. The standard InChI is InChI=1S/C39H24BN3O2/c1-2-14-26(15-3-1)42-29-18-6-4-16-27(29)40-28-17-5-8-21-33(28)44-35-24-32-39(38(42)36(35)40)45-34-22-9-7-19-30(34)43(32)31-20-10-12-25-13-11-23-41-37(25)31/h1-24H. The molecule has 6 heteroatoms. The maximum Gasteiger partial charge on any atom is 0.256 e. The van der Waals surface area contributed by atoms with E-state index in [4.69, 9.17) is 14.5 Å². The lowest BCUT2D eigenvalue weighted by molar-refractivity contribution is 0.469. The molecular formula is C39H24BN3O2. The van der Waals surface area contributed by atoms with Gasteiger partial charge in [-0.15, -0.1) is 0 Å². The summed E-state index contributed by atoms with van der Waals surface area (Å²) in [6.45, 7) is -0.0187. The SMILES string of the molecule is c1ccc(N2c3ccccc3B3c4ccccc4Oc4cc5c(c2c43)Oc2ccccc2N5c2cccc3cccnc23)cc1. The van der Waals surface area contributed by atoms with Crippen LogP contribution in [0.3, 0.4) is 0 Å². The minimum atomic E-state index is -0.0187. The normalized spacial score (nSPS) is 13.6. The Labute approximate surface area is 260 Å². The zero-order valence-corrected chi connectivity index (χ0v) is 24.1. The fraction of sp³-hybridized carbons (Fsp3) is 0. The number of benzene rings is 6. The molecule has 0 radical (unpaired) electrons. The Balaban J connectivity index is 1.34. The minimum Gasteiger partial charge on any atom is -0.458 e. The summed E-state index contributed by atoms with van der Waals surface area (Å²) in [5.41, 5.74) is 10.4. The molecule has 0 bridgehead atoms. The Hall–Kier alpha value is -6.01. The third kappa shape index (κ3) is 3.42. The number of hydrogen-bond donors (Lipinski definition) is 0. The second-order valence-electron chi connectivity index (χ2n) is 11.5. The van der Waals surface area contributed by atoms with Gasteiger partial charge in [0, 0.05) is 34.5 Å². The molecule has 3 aliphatic rings. The Morgan fingerprint density at radius 2 is 1.22 bits per heavy atom. The van der Waals surface area contributed by atoms with Crippen LogP contribution in [0, 0.1) is 0 Å². The van der Waals surface area contributed by atoms with E-state index in [1.807, 2.05) is 30.5 Å². The van der Waals surface area contributed by atoms with Crippen LogP contribution in [0.4, 0.5) is 34.1 Å². The van der Waals surface area contributed by atoms with E-state index in [1.54, 1.807) is 0 Å². The van der Waals surface area contributed by atoms with E-state index in [2.05, 4.69) is 125 Å². The van der Waals surface area contributed by atoms with Gasteiger partial charge in [0.25, 0.3) is 6.71 Å². The molecule has 3 aliphatic heterocycles. The lowest BCUT2D eigenvalue weighted by atomic mass is 9.34. The third-order valence-corrected chi connectivity index (χ3v) is 9.11. The van der Waals surface area contributed by atoms with Crippen molar-refractivity contribution in [3.8, 4) is 23.0 Å². The van der Waals surface area contributed by atoms with Crippen molar-refractivity contribution in [3.63, 3.8) is 0 Å². The highest BCUT2D eigenvalue weighted by molar-refractivity contribution is 6.99. The number of hydrogen-bond acceptors (Lipinski definition) is 5. The average molecular weight is 577 g/mol. The van der Waals surface area contributed by atoms with Gasteiger partial charge in [-0.1, -0.05) is 84.9 Å². The van der Waals surface area contributed by atoms with Gasteiger partial charge in [-0.25, -0.2) is 0 Å². The van der Waals surface area contributed by atoms with Gasteiger partial charge in [-0.05, 0) is 59.5 Å². The van der Waals surface area contributed by atoms with Crippen molar-refractivity contribution in [1.82, 2.24) is 4.98 Å². The first-order valence-corrected chi connectivity index (χ1v) is 15.2. The zero-order chi connectivity index (χ0) is 29.5. The quantitative estimate of drug-likeness (QED) is 0.194. The molecule has 0 atom stereocenters. The van der Waals surface area contributed by atoms with E-state index in [0.717, 1.165) is 79.0 Å². The van der Waals surface area contributed by atoms with Crippen LogP contribution in [0.1, 0.15) is 0 Å². The first-order chi connectivity index (χ1) is 22.3. The van der Waals surface area contributed by atoms with Gasteiger partial charge in [0.15, 0.2) is 11.5 Å². The fourth-order valence-electron chi connectivity index (χ4n) is 7.29. The van der Waals surface area contributed by atoms with Crippen LogP contribution in [0.15, 0.2) is 146 Å². The van der Waals surface area contributed by atoms with Crippen LogP contribution >= 0.6 is 0 Å². The summed E-state index contributed by atoms with van der Waals surface area (Å²) < 4.78 is 13.8. The molecule has 0 spiro atoms. The number of nitrogens with zero attached hydrogens (tertiary/aromatic N) is 3. The molecule has 7 aromatic rings. The van der Waals surface area contributed by atoms with Crippen molar-refractivity contribution in [2.75, 3.05) is 9.80 Å². The van der Waals surface area contributed by atoms with Crippen LogP contribution in [0.2, 0.25) is 0 Å². The van der Waals surface area contributed by atoms with E-state index in [1.165, 1.54) is 5.46 Å². The predicted molar refractivity (Wildman–Crippen MR) is 182 cm³/mol. The van der Waals surface area contributed by atoms with Crippen molar-refractivity contribution in [2.24, 2.45) is 0 Å². The number of fused-ring (bicyclic) bond motifs is 8. The molecule has 0 amide bonds. The number of aromatic nitrogens is 1. The molecule has 0 saturated heterocycles. The number of para-hydroxylation sites is 6. The minimum absolute atomic E-state index is 0.0187. The topological polar surface area (TPSA) is 37.8 Å². The summed E-state index contributed by atoms with van der Waals surface area (Å²) in [7, 11) is 0. The summed E-state index contributed by atoms with van der Waals surface area (Å²) in [6.07, 6.45) is 1.86. The van der Waals surface area contributed by atoms with Gasteiger partial charge in [0.05, 0.1) is 28.3 Å². The molecule has 0 N–H and O–H groups in total. The molecule has 0 saturated carbocycles. The molecule has 1 aromatic heterocycles. The maximum atomic E-state index is 7.01. The molecular weight excluding hydrogens is 553 g/mol. The summed E-state index contributed by atoms with van der Waals surface area (Å²) in [5.74, 6) is 3.27. The molecule has 5 nitrogen and oxygen atoms in total. The van der Waals surface area contributed by atoms with Gasteiger partial charge >= 0.3 is 0 Å². The van der Waals surface area contributed by atoms with Gasteiger partial charge in [-0.2, -0.15) is 0 Å². The van der Waals surface area contributed by atoms with Gasteiger partial charge < -0.3 is 19.3 Å². The molecule has 0 fully saturated rings. The molecule has 10 rings (SSSR count). The predicted octanol–water partition coefficient (Wildman–Crippen LogP) is 8.22. The Morgan fingerprint density at radius 3 is 2.11 bits per heavy atom. The first-order valence-electron chi connectivity index (χ1n) is 15.2. The smallest absolute Gasteiger partial charge is 0.256 e. The summed E-state index contributed by atoms with van der Waals surface area (Å²) in [5, 5.41) is 1.07. The van der Waals surface area contributed by atoms with Crippen molar-refractivity contribution in [2.45, 2.75) is 0 Å². The van der Waals surface area contributed by atoms with Crippen LogP contribution in [0.5, 0.6) is 23.0 Å². The fourth-order valence-corrected chi connectivity index (χ4v) is 7.29. The van der Waals surface area contributed by atoms with Crippen LogP contribution in [-0.4, -0.2) is 11.7 Å². The zero-order valence-electron chi connectivity index (χ0n) is 24.1. The Morgan fingerprint density at radius 1 is 0.511 bits per heavy atom. The van der Waals surface area contributed by atoms with Gasteiger partial charge in [-0.3, -0.25) is 4.98 Å². The molecule has 210 valence electrons. The lowest BCUT2D eigenvalue weighted by Crippen LogP contribution is -2.59. The second-order valence-corrected chi connectivity index (χ2v) is 11.5. The van der Waals surface area contributed by atoms with Gasteiger partial charge in [0.1, 0.15) is 11.5 Å². The highest BCUT2D eigenvalue weighted by Crippen LogP contribution is 2.58.